The maximum absolute atomic E-state index is 6.05. The van der Waals surface area contributed by atoms with Gasteiger partial charge in [0.2, 0.25) is 0 Å². The first-order valence-corrected chi connectivity index (χ1v) is 8.13. The van der Waals surface area contributed by atoms with Crippen molar-refractivity contribution in [3.8, 4) is 5.75 Å². The van der Waals surface area contributed by atoms with Gasteiger partial charge in [-0.05, 0) is 62.1 Å². The molecule has 0 fully saturated rings. The lowest BCUT2D eigenvalue weighted by Crippen LogP contribution is -2.16. The van der Waals surface area contributed by atoms with Crippen LogP contribution in [0.4, 0.5) is 0 Å². The highest BCUT2D eigenvalue weighted by atomic mass is 16.5. The van der Waals surface area contributed by atoms with E-state index in [0.717, 1.165) is 25.2 Å². The van der Waals surface area contributed by atoms with Gasteiger partial charge < -0.3 is 10.5 Å². The van der Waals surface area contributed by atoms with Crippen LogP contribution in [0.5, 0.6) is 5.75 Å². The number of hydrogen-bond donors (Lipinski definition) is 1. The van der Waals surface area contributed by atoms with Crippen LogP contribution in [-0.4, -0.2) is 13.2 Å². The molecule has 0 amide bonds. The second kappa shape index (κ2) is 8.00. The first-order valence-electron chi connectivity index (χ1n) is 8.13. The Balaban J connectivity index is 2.16. The lowest BCUT2D eigenvalue weighted by atomic mass is 9.88. The first kappa shape index (κ1) is 16.6. The second-order valence-electron chi connectivity index (χ2n) is 5.99. The Bertz CT molecular complexity index is 606. The fourth-order valence-electron chi connectivity index (χ4n) is 2.87. The van der Waals surface area contributed by atoms with Crippen LogP contribution in [0.15, 0.2) is 42.5 Å². The Kier molecular flexibility index (Phi) is 6.02. The minimum Gasteiger partial charge on any atom is -0.494 e. The highest BCUT2D eigenvalue weighted by molar-refractivity contribution is 5.36. The van der Waals surface area contributed by atoms with Gasteiger partial charge in [0.25, 0.3) is 0 Å². The molecule has 0 saturated heterocycles. The molecular formula is C20H27NO. The minimum absolute atomic E-state index is 0.349. The van der Waals surface area contributed by atoms with Gasteiger partial charge in [-0.3, -0.25) is 0 Å². The zero-order valence-electron chi connectivity index (χ0n) is 13.9. The molecule has 2 nitrogen and oxygen atoms in total. The maximum atomic E-state index is 6.05. The number of benzene rings is 2. The standard InChI is InChI=1S/C20H27NO/c1-4-10-22-19-7-5-6-17(13-19)12-18(14-21)20-9-8-15(2)11-16(20)3/h5-9,11,13,18H,4,10,12,14,21H2,1-3H3. The van der Waals surface area contributed by atoms with E-state index in [1.807, 2.05) is 6.07 Å². The third-order valence-electron chi connectivity index (χ3n) is 4.00. The number of hydrogen-bond acceptors (Lipinski definition) is 2. The van der Waals surface area contributed by atoms with Gasteiger partial charge in [0.15, 0.2) is 0 Å². The van der Waals surface area contributed by atoms with Crippen LogP contribution >= 0.6 is 0 Å². The molecule has 0 heterocycles. The van der Waals surface area contributed by atoms with Crippen molar-refractivity contribution in [3.05, 3.63) is 64.7 Å². The van der Waals surface area contributed by atoms with Crippen LogP contribution in [0.2, 0.25) is 0 Å². The van der Waals surface area contributed by atoms with Gasteiger partial charge in [-0.1, -0.05) is 42.8 Å². The van der Waals surface area contributed by atoms with Crippen LogP contribution in [0.1, 0.15) is 41.5 Å². The molecule has 2 aromatic rings. The van der Waals surface area contributed by atoms with Gasteiger partial charge in [0.05, 0.1) is 6.61 Å². The third-order valence-corrected chi connectivity index (χ3v) is 4.00. The van der Waals surface area contributed by atoms with E-state index < -0.39 is 0 Å². The Labute approximate surface area is 134 Å². The first-order chi connectivity index (χ1) is 10.6. The Morgan fingerprint density at radius 3 is 2.59 bits per heavy atom. The summed E-state index contributed by atoms with van der Waals surface area (Å²) in [5.41, 5.74) is 11.3. The third kappa shape index (κ3) is 4.35. The van der Waals surface area contributed by atoms with Crippen molar-refractivity contribution in [2.45, 2.75) is 39.5 Å². The molecule has 0 aromatic heterocycles. The molecule has 0 aliphatic rings. The minimum atomic E-state index is 0.349. The van der Waals surface area contributed by atoms with Crippen LogP contribution in [0.25, 0.3) is 0 Å². The Hall–Kier alpha value is -1.80. The van der Waals surface area contributed by atoms with Crippen LogP contribution in [-0.2, 0) is 6.42 Å². The maximum Gasteiger partial charge on any atom is 0.119 e. The van der Waals surface area contributed by atoms with Crippen molar-refractivity contribution in [2.75, 3.05) is 13.2 Å². The molecular weight excluding hydrogens is 270 g/mol. The topological polar surface area (TPSA) is 35.2 Å². The van der Waals surface area contributed by atoms with Gasteiger partial charge in [-0.15, -0.1) is 0 Å². The van der Waals surface area contributed by atoms with E-state index in [1.54, 1.807) is 0 Å². The molecule has 2 aromatic carbocycles. The fourth-order valence-corrected chi connectivity index (χ4v) is 2.87. The molecule has 0 aliphatic heterocycles. The number of ether oxygens (including phenoxy) is 1. The molecule has 2 heteroatoms. The molecule has 0 bridgehead atoms. The summed E-state index contributed by atoms with van der Waals surface area (Å²) in [6.45, 7) is 7.84. The van der Waals surface area contributed by atoms with Crippen molar-refractivity contribution in [2.24, 2.45) is 5.73 Å². The van der Waals surface area contributed by atoms with Crippen molar-refractivity contribution < 1.29 is 4.74 Å². The largest absolute Gasteiger partial charge is 0.494 e. The molecule has 22 heavy (non-hydrogen) atoms. The smallest absolute Gasteiger partial charge is 0.119 e. The number of aryl methyl sites for hydroxylation is 2. The summed E-state index contributed by atoms with van der Waals surface area (Å²) < 4.78 is 5.72. The van der Waals surface area contributed by atoms with Gasteiger partial charge in [-0.2, -0.15) is 0 Å². The summed E-state index contributed by atoms with van der Waals surface area (Å²) >= 11 is 0. The molecule has 2 rings (SSSR count). The van der Waals surface area contributed by atoms with Crippen LogP contribution in [0.3, 0.4) is 0 Å². The zero-order chi connectivity index (χ0) is 15.9. The predicted octanol–water partition coefficient (Wildman–Crippen LogP) is 4.38. The zero-order valence-corrected chi connectivity index (χ0v) is 13.9. The normalized spacial score (nSPS) is 12.2. The van der Waals surface area contributed by atoms with Crippen LogP contribution in [0, 0.1) is 13.8 Å². The van der Waals surface area contributed by atoms with E-state index in [0.29, 0.717) is 12.5 Å². The van der Waals surface area contributed by atoms with E-state index in [-0.39, 0.29) is 0 Å². The monoisotopic (exact) mass is 297 g/mol. The lowest BCUT2D eigenvalue weighted by Gasteiger charge is -2.19. The second-order valence-corrected chi connectivity index (χ2v) is 5.99. The summed E-state index contributed by atoms with van der Waals surface area (Å²) in [5, 5.41) is 0. The molecule has 0 radical (unpaired) electrons. The summed E-state index contributed by atoms with van der Waals surface area (Å²) in [6.07, 6.45) is 1.97. The van der Waals surface area contributed by atoms with Gasteiger partial charge >= 0.3 is 0 Å². The highest BCUT2D eigenvalue weighted by Crippen LogP contribution is 2.25. The fraction of sp³-hybridized carbons (Fsp3) is 0.400. The average Bonchev–Trinajstić information content (AvgIpc) is 2.51. The van der Waals surface area contributed by atoms with E-state index in [2.05, 4.69) is 57.2 Å². The van der Waals surface area contributed by atoms with E-state index in [9.17, 15) is 0 Å². The number of nitrogens with two attached hydrogens (primary N) is 1. The van der Waals surface area contributed by atoms with Crippen molar-refractivity contribution in [1.82, 2.24) is 0 Å². The molecule has 1 unspecified atom stereocenters. The van der Waals surface area contributed by atoms with Gasteiger partial charge in [0.1, 0.15) is 5.75 Å². The Morgan fingerprint density at radius 2 is 1.91 bits per heavy atom. The lowest BCUT2D eigenvalue weighted by molar-refractivity contribution is 0.317. The molecule has 0 aliphatic carbocycles. The van der Waals surface area contributed by atoms with Crippen molar-refractivity contribution in [1.29, 1.82) is 0 Å². The molecule has 0 spiro atoms. The molecule has 118 valence electrons. The SMILES string of the molecule is CCCOc1cccc(CC(CN)c2ccc(C)cc2C)c1. The molecule has 1 atom stereocenters. The average molecular weight is 297 g/mol. The summed E-state index contributed by atoms with van der Waals surface area (Å²) in [7, 11) is 0. The van der Waals surface area contributed by atoms with E-state index in [1.165, 1.54) is 22.3 Å². The van der Waals surface area contributed by atoms with E-state index in [4.69, 9.17) is 10.5 Å². The molecule has 0 saturated carbocycles. The summed E-state index contributed by atoms with van der Waals surface area (Å²) in [5.74, 6) is 1.30. The summed E-state index contributed by atoms with van der Waals surface area (Å²) in [6, 6.07) is 15.0. The van der Waals surface area contributed by atoms with Crippen molar-refractivity contribution in [3.63, 3.8) is 0 Å². The predicted molar refractivity (Wildman–Crippen MR) is 93.6 cm³/mol. The van der Waals surface area contributed by atoms with Crippen LogP contribution < -0.4 is 10.5 Å². The quantitative estimate of drug-likeness (QED) is 0.823. The van der Waals surface area contributed by atoms with E-state index >= 15 is 0 Å². The van der Waals surface area contributed by atoms with Gasteiger partial charge in [-0.25, -0.2) is 0 Å². The summed E-state index contributed by atoms with van der Waals surface area (Å²) in [4.78, 5) is 0. The highest BCUT2D eigenvalue weighted by Gasteiger charge is 2.13. The van der Waals surface area contributed by atoms with Crippen molar-refractivity contribution >= 4 is 0 Å². The van der Waals surface area contributed by atoms with Gasteiger partial charge in [0, 0.05) is 5.92 Å². The Morgan fingerprint density at radius 1 is 1.09 bits per heavy atom. The molecule has 2 N–H and O–H groups in total. The number of rotatable bonds is 7.